The summed E-state index contributed by atoms with van der Waals surface area (Å²) in [5.41, 5.74) is 0. The summed E-state index contributed by atoms with van der Waals surface area (Å²) in [6.45, 7) is 4.03. The van der Waals surface area contributed by atoms with Gasteiger partial charge in [0.2, 0.25) is 0 Å². The number of nitrogens with one attached hydrogen (secondary N) is 1. The molecule has 0 radical (unpaired) electrons. The van der Waals surface area contributed by atoms with E-state index in [2.05, 4.69) is 52.4 Å². The van der Waals surface area contributed by atoms with Crippen molar-refractivity contribution < 1.29 is 4.74 Å². The topological polar surface area (TPSA) is 21.3 Å². The van der Waals surface area contributed by atoms with Crippen LogP contribution in [0.4, 0.5) is 0 Å². The summed E-state index contributed by atoms with van der Waals surface area (Å²) in [5.74, 6) is 1.10. The maximum absolute atomic E-state index is 5.11. The van der Waals surface area contributed by atoms with Crippen LogP contribution in [-0.4, -0.2) is 32.1 Å². The van der Waals surface area contributed by atoms with Crippen molar-refractivity contribution in [3.05, 3.63) is 28.7 Å². The lowest BCUT2D eigenvalue weighted by atomic mass is 10.2. The Morgan fingerprint density at radius 3 is 2.83 bits per heavy atom. The molecular formula is C14H22BrNOS. The lowest BCUT2D eigenvalue weighted by Crippen LogP contribution is -2.31. The van der Waals surface area contributed by atoms with E-state index in [1.165, 1.54) is 15.8 Å². The van der Waals surface area contributed by atoms with Gasteiger partial charge < -0.3 is 10.1 Å². The van der Waals surface area contributed by atoms with Crippen LogP contribution in [0.25, 0.3) is 0 Å². The van der Waals surface area contributed by atoms with E-state index in [0.29, 0.717) is 6.04 Å². The first-order valence-corrected chi connectivity index (χ1v) is 8.15. The lowest BCUT2D eigenvalue weighted by Gasteiger charge is -2.17. The van der Waals surface area contributed by atoms with Crippen molar-refractivity contribution in [2.45, 2.75) is 30.7 Å². The van der Waals surface area contributed by atoms with Gasteiger partial charge in [0.05, 0.1) is 0 Å². The number of benzene rings is 1. The van der Waals surface area contributed by atoms with Crippen LogP contribution in [0.15, 0.2) is 33.6 Å². The molecular weight excluding hydrogens is 310 g/mol. The second kappa shape index (κ2) is 9.84. The molecule has 0 aliphatic rings. The first-order chi connectivity index (χ1) is 8.77. The Morgan fingerprint density at radius 1 is 1.39 bits per heavy atom. The smallest absolute Gasteiger partial charge is 0.0462 e. The van der Waals surface area contributed by atoms with Crippen LogP contribution in [0.1, 0.15) is 19.8 Å². The minimum absolute atomic E-state index is 0.558. The Morgan fingerprint density at radius 2 is 2.17 bits per heavy atom. The van der Waals surface area contributed by atoms with Gasteiger partial charge in [-0.3, -0.25) is 0 Å². The molecule has 0 bridgehead atoms. The van der Waals surface area contributed by atoms with E-state index < -0.39 is 0 Å². The molecule has 1 rings (SSSR count). The van der Waals surface area contributed by atoms with Gasteiger partial charge in [0.25, 0.3) is 0 Å². The zero-order valence-corrected chi connectivity index (χ0v) is 13.5. The predicted octanol–water partition coefficient (Wildman–Crippen LogP) is 3.95. The van der Waals surface area contributed by atoms with Crippen molar-refractivity contribution in [3.8, 4) is 0 Å². The first-order valence-electron chi connectivity index (χ1n) is 6.37. The van der Waals surface area contributed by atoms with E-state index in [-0.39, 0.29) is 0 Å². The Labute approximate surface area is 123 Å². The molecule has 0 amide bonds. The first kappa shape index (κ1) is 16.0. The normalized spacial score (nSPS) is 12.6. The monoisotopic (exact) mass is 331 g/mol. The summed E-state index contributed by atoms with van der Waals surface area (Å²) in [6, 6.07) is 8.94. The third-order valence-electron chi connectivity index (χ3n) is 2.67. The third-order valence-corrected chi connectivity index (χ3v) is 4.86. The van der Waals surface area contributed by atoms with Crippen molar-refractivity contribution in [1.29, 1.82) is 0 Å². The number of hydrogen-bond donors (Lipinski definition) is 1. The molecule has 1 aromatic carbocycles. The minimum atomic E-state index is 0.558. The molecule has 0 aliphatic heterocycles. The molecule has 0 saturated heterocycles. The number of halogens is 1. The van der Waals surface area contributed by atoms with E-state index >= 15 is 0 Å². The molecule has 4 heteroatoms. The van der Waals surface area contributed by atoms with E-state index in [0.717, 1.165) is 25.3 Å². The number of methoxy groups -OCH3 is 1. The van der Waals surface area contributed by atoms with Gasteiger partial charge in [0, 0.05) is 34.9 Å². The van der Waals surface area contributed by atoms with Crippen molar-refractivity contribution in [3.63, 3.8) is 0 Å². The summed E-state index contributed by atoms with van der Waals surface area (Å²) < 4.78 is 6.29. The summed E-state index contributed by atoms with van der Waals surface area (Å²) in [4.78, 5) is 1.31. The second-order valence-electron chi connectivity index (χ2n) is 4.13. The Kier molecular flexibility index (Phi) is 8.76. The zero-order chi connectivity index (χ0) is 13.2. The van der Waals surface area contributed by atoms with Crippen LogP contribution in [-0.2, 0) is 4.74 Å². The van der Waals surface area contributed by atoms with E-state index in [9.17, 15) is 0 Å². The van der Waals surface area contributed by atoms with Gasteiger partial charge in [0.15, 0.2) is 0 Å². The Bertz CT molecular complexity index is 335. The summed E-state index contributed by atoms with van der Waals surface area (Å²) >= 11 is 5.49. The molecule has 0 heterocycles. The molecule has 1 N–H and O–H groups in total. The van der Waals surface area contributed by atoms with Gasteiger partial charge in [-0.25, -0.2) is 0 Å². The fourth-order valence-corrected chi connectivity index (χ4v) is 3.43. The van der Waals surface area contributed by atoms with Gasteiger partial charge in [-0.2, -0.15) is 0 Å². The fourth-order valence-electron chi connectivity index (χ4n) is 1.76. The van der Waals surface area contributed by atoms with Crippen LogP contribution >= 0.6 is 27.7 Å². The molecule has 2 nitrogen and oxygen atoms in total. The van der Waals surface area contributed by atoms with Gasteiger partial charge >= 0.3 is 0 Å². The van der Waals surface area contributed by atoms with Gasteiger partial charge in [-0.05, 0) is 47.4 Å². The predicted molar refractivity (Wildman–Crippen MR) is 83.4 cm³/mol. The SMILES string of the molecule is CCNC(CCCOC)CSc1ccccc1Br. The van der Waals surface area contributed by atoms with Crippen LogP contribution in [0, 0.1) is 0 Å². The molecule has 1 aromatic rings. The molecule has 0 aromatic heterocycles. The highest BCUT2D eigenvalue weighted by atomic mass is 79.9. The molecule has 1 atom stereocenters. The van der Waals surface area contributed by atoms with Gasteiger partial charge in [0.1, 0.15) is 0 Å². The summed E-state index contributed by atoms with van der Waals surface area (Å²) in [5, 5.41) is 3.54. The third kappa shape index (κ3) is 6.23. The van der Waals surface area contributed by atoms with Crippen LogP contribution < -0.4 is 5.32 Å². The minimum Gasteiger partial charge on any atom is -0.385 e. The molecule has 102 valence electrons. The zero-order valence-electron chi connectivity index (χ0n) is 11.1. The van der Waals surface area contributed by atoms with E-state index in [1.807, 2.05) is 11.8 Å². The average Bonchev–Trinajstić information content (AvgIpc) is 2.38. The maximum Gasteiger partial charge on any atom is 0.0462 e. The highest BCUT2D eigenvalue weighted by molar-refractivity contribution is 9.10. The number of hydrogen-bond acceptors (Lipinski definition) is 3. The highest BCUT2D eigenvalue weighted by Gasteiger charge is 2.08. The van der Waals surface area contributed by atoms with Gasteiger partial charge in [-0.1, -0.05) is 19.1 Å². The molecule has 0 aliphatic carbocycles. The molecule has 0 fully saturated rings. The molecule has 0 spiro atoms. The largest absolute Gasteiger partial charge is 0.385 e. The van der Waals surface area contributed by atoms with Crippen LogP contribution in [0.5, 0.6) is 0 Å². The average molecular weight is 332 g/mol. The molecule has 18 heavy (non-hydrogen) atoms. The quantitative estimate of drug-likeness (QED) is 0.547. The van der Waals surface area contributed by atoms with Gasteiger partial charge in [-0.15, -0.1) is 11.8 Å². The van der Waals surface area contributed by atoms with Crippen LogP contribution in [0.3, 0.4) is 0 Å². The number of ether oxygens (including phenoxy) is 1. The molecule has 1 unspecified atom stereocenters. The summed E-state index contributed by atoms with van der Waals surface area (Å²) in [7, 11) is 1.76. The highest BCUT2D eigenvalue weighted by Crippen LogP contribution is 2.27. The lowest BCUT2D eigenvalue weighted by molar-refractivity contribution is 0.190. The second-order valence-corrected chi connectivity index (χ2v) is 6.05. The number of rotatable bonds is 9. The van der Waals surface area contributed by atoms with Crippen molar-refractivity contribution in [2.75, 3.05) is 26.0 Å². The van der Waals surface area contributed by atoms with E-state index in [4.69, 9.17) is 4.74 Å². The summed E-state index contributed by atoms with van der Waals surface area (Å²) in [6.07, 6.45) is 2.28. The van der Waals surface area contributed by atoms with Crippen molar-refractivity contribution in [2.24, 2.45) is 0 Å². The standard InChI is InChI=1S/C14H22BrNOS/c1-3-16-12(7-6-10-17-2)11-18-14-9-5-4-8-13(14)15/h4-5,8-9,12,16H,3,6-7,10-11H2,1-2H3. The Hall–Kier alpha value is -0.0300. The van der Waals surface area contributed by atoms with E-state index in [1.54, 1.807) is 7.11 Å². The molecule has 0 saturated carbocycles. The fraction of sp³-hybridized carbons (Fsp3) is 0.571. The van der Waals surface area contributed by atoms with Crippen molar-refractivity contribution >= 4 is 27.7 Å². The van der Waals surface area contributed by atoms with Crippen LogP contribution in [0.2, 0.25) is 0 Å². The number of thioether (sulfide) groups is 1. The Balaban J connectivity index is 2.39. The maximum atomic E-state index is 5.11. The van der Waals surface area contributed by atoms with Crippen molar-refractivity contribution in [1.82, 2.24) is 5.32 Å².